The molecule has 0 unspecified atom stereocenters. The minimum Gasteiger partial charge on any atom is -0.503 e. The lowest BCUT2D eigenvalue weighted by Crippen LogP contribution is -2.12. The number of aryl methyl sites for hydroxylation is 2. The summed E-state index contributed by atoms with van der Waals surface area (Å²) in [6.07, 6.45) is 5.03. The normalized spacial score (nSPS) is 10.8. The van der Waals surface area contributed by atoms with E-state index in [0.717, 1.165) is 12.8 Å². The van der Waals surface area contributed by atoms with Crippen LogP contribution in [0.2, 0.25) is 0 Å². The summed E-state index contributed by atoms with van der Waals surface area (Å²) in [5.74, 6) is -0.410. The van der Waals surface area contributed by atoms with Crippen LogP contribution in [-0.2, 0) is 13.1 Å². The highest BCUT2D eigenvalue weighted by molar-refractivity contribution is 5.25. The van der Waals surface area contributed by atoms with Crippen LogP contribution in [0.4, 0.5) is 0 Å². The maximum atomic E-state index is 11.3. The van der Waals surface area contributed by atoms with Crippen LogP contribution < -0.4 is 10.9 Å². The van der Waals surface area contributed by atoms with Gasteiger partial charge in [-0.3, -0.25) is 9.59 Å². The predicted molar refractivity (Wildman–Crippen MR) is 83.4 cm³/mol. The second-order valence-electron chi connectivity index (χ2n) is 5.32. The third-order valence-electron chi connectivity index (χ3n) is 3.87. The molecule has 0 aliphatic rings. The Hall–Kier alpha value is -2.50. The molecule has 6 heteroatoms. The predicted octanol–water partition coefficient (Wildman–Crippen LogP) is 1.52. The molecule has 2 N–H and O–H groups in total. The molecule has 2 rings (SSSR count). The van der Waals surface area contributed by atoms with E-state index in [1.807, 2.05) is 9.13 Å². The molecule has 0 atom stereocenters. The molecule has 2 aromatic rings. The van der Waals surface area contributed by atoms with E-state index in [4.69, 9.17) is 0 Å². The molecule has 0 radical (unpaired) electrons. The molecule has 22 heavy (non-hydrogen) atoms. The highest BCUT2D eigenvalue weighted by Crippen LogP contribution is 2.12. The van der Waals surface area contributed by atoms with Gasteiger partial charge in [-0.2, -0.15) is 0 Å². The number of aromatic nitrogens is 2. The second-order valence-corrected chi connectivity index (χ2v) is 5.32. The number of aromatic hydroxyl groups is 2. The van der Waals surface area contributed by atoms with Crippen LogP contribution >= 0.6 is 0 Å². The average molecular weight is 304 g/mol. The molecule has 0 aliphatic heterocycles. The van der Waals surface area contributed by atoms with Crippen LogP contribution in [0.1, 0.15) is 24.2 Å². The van der Waals surface area contributed by atoms with E-state index in [9.17, 15) is 19.8 Å². The summed E-state index contributed by atoms with van der Waals surface area (Å²) in [6, 6.07) is 2.71. The zero-order valence-electron chi connectivity index (χ0n) is 12.7. The van der Waals surface area contributed by atoms with Gasteiger partial charge in [-0.15, -0.1) is 0 Å². The first kappa shape index (κ1) is 15.9. The van der Waals surface area contributed by atoms with Crippen molar-refractivity contribution in [3.05, 3.63) is 56.4 Å². The molecule has 118 valence electrons. The van der Waals surface area contributed by atoms with Gasteiger partial charge in [0.1, 0.15) is 0 Å². The van der Waals surface area contributed by atoms with E-state index < -0.39 is 0 Å². The van der Waals surface area contributed by atoms with E-state index in [1.54, 1.807) is 26.2 Å². The number of nitrogens with zero attached hydrogens (tertiary/aromatic N) is 2. The first-order chi connectivity index (χ1) is 10.4. The van der Waals surface area contributed by atoms with Crippen LogP contribution in [0, 0.1) is 13.8 Å². The fraction of sp³-hybridized carbons (Fsp3) is 0.375. The van der Waals surface area contributed by atoms with Gasteiger partial charge in [0.05, 0.1) is 11.4 Å². The van der Waals surface area contributed by atoms with Crippen molar-refractivity contribution < 1.29 is 10.2 Å². The van der Waals surface area contributed by atoms with Crippen molar-refractivity contribution >= 4 is 0 Å². The summed E-state index contributed by atoms with van der Waals surface area (Å²) in [4.78, 5) is 22.6. The lowest BCUT2D eigenvalue weighted by atomic mass is 10.2. The molecule has 0 amide bonds. The number of unbranched alkanes of at least 4 members (excludes halogenated alkanes) is 1. The van der Waals surface area contributed by atoms with Gasteiger partial charge in [0.15, 0.2) is 11.5 Å². The Morgan fingerprint density at radius 1 is 0.818 bits per heavy atom. The molecule has 0 aromatic carbocycles. The minimum atomic E-state index is -0.367. The van der Waals surface area contributed by atoms with Crippen molar-refractivity contribution in [1.82, 2.24) is 9.13 Å². The molecular weight excluding hydrogens is 284 g/mol. The van der Waals surface area contributed by atoms with Crippen molar-refractivity contribution in [3.8, 4) is 11.5 Å². The fourth-order valence-electron chi connectivity index (χ4n) is 2.37. The lowest BCUT2D eigenvalue weighted by Gasteiger charge is -2.13. The zero-order chi connectivity index (χ0) is 16.3. The Balaban J connectivity index is 1.96. The Morgan fingerprint density at radius 3 is 1.55 bits per heavy atom. The smallest absolute Gasteiger partial charge is 0.223 e. The van der Waals surface area contributed by atoms with E-state index in [-0.39, 0.29) is 22.4 Å². The van der Waals surface area contributed by atoms with E-state index in [1.165, 1.54) is 12.1 Å². The molecule has 2 aromatic heterocycles. The Kier molecular flexibility index (Phi) is 4.70. The average Bonchev–Trinajstić information content (AvgIpc) is 2.50. The van der Waals surface area contributed by atoms with Gasteiger partial charge in [-0.05, 0) is 26.7 Å². The molecule has 6 nitrogen and oxygen atoms in total. The van der Waals surface area contributed by atoms with E-state index >= 15 is 0 Å². The van der Waals surface area contributed by atoms with Gasteiger partial charge < -0.3 is 19.3 Å². The number of hydrogen-bond acceptors (Lipinski definition) is 4. The van der Waals surface area contributed by atoms with Gasteiger partial charge in [0.2, 0.25) is 10.9 Å². The first-order valence-electron chi connectivity index (χ1n) is 7.20. The number of rotatable bonds is 5. The molecule has 0 saturated heterocycles. The van der Waals surface area contributed by atoms with Gasteiger partial charge >= 0.3 is 0 Å². The SMILES string of the molecule is Cc1c(O)c(=O)ccn1CCCCn1ccc(=O)c(O)c1C. The van der Waals surface area contributed by atoms with Crippen LogP contribution in [0.5, 0.6) is 11.5 Å². The summed E-state index contributed by atoms with van der Waals surface area (Å²) >= 11 is 0. The van der Waals surface area contributed by atoms with Crippen LogP contribution in [0.25, 0.3) is 0 Å². The Labute approximate surface area is 127 Å². The summed E-state index contributed by atoms with van der Waals surface area (Å²) < 4.78 is 3.68. The van der Waals surface area contributed by atoms with Crippen LogP contribution in [-0.4, -0.2) is 19.3 Å². The summed E-state index contributed by atoms with van der Waals surface area (Å²) in [5.41, 5.74) is 0.385. The van der Waals surface area contributed by atoms with E-state index in [2.05, 4.69) is 0 Å². The topological polar surface area (TPSA) is 84.5 Å². The molecular formula is C16H20N2O4. The monoisotopic (exact) mass is 304 g/mol. The van der Waals surface area contributed by atoms with Crippen LogP contribution in [0.3, 0.4) is 0 Å². The molecule has 0 saturated carbocycles. The Morgan fingerprint density at radius 2 is 1.18 bits per heavy atom. The zero-order valence-corrected chi connectivity index (χ0v) is 12.7. The fourth-order valence-corrected chi connectivity index (χ4v) is 2.37. The molecule has 0 fully saturated rings. The van der Waals surface area contributed by atoms with Crippen molar-refractivity contribution in [2.24, 2.45) is 0 Å². The molecule has 0 spiro atoms. The molecule has 0 aliphatic carbocycles. The van der Waals surface area contributed by atoms with Crippen LogP contribution in [0.15, 0.2) is 34.1 Å². The van der Waals surface area contributed by atoms with Gasteiger partial charge in [-0.25, -0.2) is 0 Å². The van der Waals surface area contributed by atoms with Gasteiger partial charge in [0, 0.05) is 37.6 Å². The minimum absolute atomic E-state index is 0.205. The van der Waals surface area contributed by atoms with Crippen molar-refractivity contribution in [2.75, 3.05) is 0 Å². The summed E-state index contributed by atoms with van der Waals surface area (Å²) in [7, 11) is 0. The summed E-state index contributed by atoms with van der Waals surface area (Å²) in [5, 5.41) is 19.2. The number of hydrogen-bond donors (Lipinski definition) is 2. The third kappa shape index (κ3) is 3.21. The first-order valence-corrected chi connectivity index (χ1v) is 7.20. The lowest BCUT2D eigenvalue weighted by molar-refractivity contribution is 0.442. The maximum Gasteiger partial charge on any atom is 0.223 e. The largest absolute Gasteiger partial charge is 0.503 e. The van der Waals surface area contributed by atoms with Crippen molar-refractivity contribution in [3.63, 3.8) is 0 Å². The highest BCUT2D eigenvalue weighted by atomic mass is 16.3. The third-order valence-corrected chi connectivity index (χ3v) is 3.87. The second kappa shape index (κ2) is 6.51. The van der Waals surface area contributed by atoms with Crippen molar-refractivity contribution in [2.45, 2.75) is 39.8 Å². The number of pyridine rings is 2. The van der Waals surface area contributed by atoms with Gasteiger partial charge in [-0.1, -0.05) is 0 Å². The van der Waals surface area contributed by atoms with Crippen molar-refractivity contribution in [1.29, 1.82) is 0 Å². The highest BCUT2D eigenvalue weighted by Gasteiger charge is 2.06. The van der Waals surface area contributed by atoms with E-state index in [0.29, 0.717) is 24.5 Å². The standard InChI is InChI=1S/C16H20N2O4/c1-11-15(21)13(19)5-9-17(11)7-3-4-8-18-10-6-14(20)16(22)12(18)2/h5-6,9-10,21-22H,3-4,7-8H2,1-2H3. The quantitative estimate of drug-likeness (QED) is 0.820. The maximum absolute atomic E-state index is 11.3. The van der Waals surface area contributed by atoms with Gasteiger partial charge in [0.25, 0.3) is 0 Å². The Bertz CT molecular complexity index is 722. The molecule has 2 heterocycles. The molecule has 0 bridgehead atoms. The summed E-state index contributed by atoms with van der Waals surface area (Å²) in [6.45, 7) is 4.79.